The number of anilines is 2. The van der Waals surface area contributed by atoms with Gasteiger partial charge in [-0.25, -0.2) is 14.8 Å². The van der Waals surface area contributed by atoms with Crippen molar-refractivity contribution in [3.05, 3.63) is 52.2 Å². The van der Waals surface area contributed by atoms with E-state index in [2.05, 4.69) is 25.7 Å². The number of urea groups is 1. The molecule has 0 aliphatic carbocycles. The second kappa shape index (κ2) is 7.09. The zero-order chi connectivity index (χ0) is 19.6. The first kappa shape index (κ1) is 18.4. The lowest BCUT2D eigenvalue weighted by Gasteiger charge is -2.12. The summed E-state index contributed by atoms with van der Waals surface area (Å²) in [5, 5.41) is 7.25. The number of rotatable bonds is 4. The molecule has 0 atom stereocenters. The molecule has 11 heteroatoms. The highest BCUT2D eigenvalue weighted by atomic mass is 19.4. The van der Waals surface area contributed by atoms with Gasteiger partial charge in [0.2, 0.25) is 0 Å². The molecule has 2 amide bonds. The number of H-pyrrole nitrogens is 1. The molecule has 0 spiro atoms. The molecule has 3 N–H and O–H groups in total. The quantitative estimate of drug-likeness (QED) is 0.647. The van der Waals surface area contributed by atoms with Gasteiger partial charge in [0.1, 0.15) is 12.0 Å². The van der Waals surface area contributed by atoms with Crippen LogP contribution in [0.5, 0.6) is 0 Å². The summed E-state index contributed by atoms with van der Waals surface area (Å²) < 4.78 is 39.4. The Morgan fingerprint density at radius 1 is 1.30 bits per heavy atom. The van der Waals surface area contributed by atoms with Crippen LogP contribution in [0.4, 0.5) is 29.3 Å². The molecule has 2 heterocycles. The number of aryl methyl sites for hydroxylation is 1. The van der Waals surface area contributed by atoms with Crippen LogP contribution in [0.1, 0.15) is 24.6 Å². The molecule has 1 aromatic carbocycles. The Bertz CT molecular complexity index is 1040. The molecule has 0 radical (unpaired) electrons. The van der Waals surface area contributed by atoms with Crippen molar-refractivity contribution in [3.8, 4) is 0 Å². The number of aromatic amines is 1. The van der Waals surface area contributed by atoms with Crippen molar-refractivity contribution in [2.75, 3.05) is 10.6 Å². The first-order chi connectivity index (χ1) is 12.8. The van der Waals surface area contributed by atoms with E-state index in [1.807, 2.05) is 6.92 Å². The summed E-state index contributed by atoms with van der Waals surface area (Å²) in [5.41, 5.74) is -1.25. The number of amides is 2. The number of fused-ring (bicyclic) bond motifs is 1. The fourth-order valence-electron chi connectivity index (χ4n) is 2.49. The molecular formula is C16H15F3N6O2. The minimum absolute atomic E-state index is 0.0601. The van der Waals surface area contributed by atoms with Gasteiger partial charge in [0.25, 0.3) is 11.3 Å². The van der Waals surface area contributed by atoms with E-state index >= 15 is 0 Å². The number of nitrogens with zero attached hydrogens (tertiary/aromatic N) is 3. The van der Waals surface area contributed by atoms with Gasteiger partial charge in [-0.2, -0.15) is 17.7 Å². The van der Waals surface area contributed by atoms with Gasteiger partial charge in [-0.05, 0) is 24.6 Å². The Labute approximate surface area is 150 Å². The van der Waals surface area contributed by atoms with Crippen LogP contribution >= 0.6 is 0 Å². The maximum atomic E-state index is 12.8. The predicted octanol–water partition coefficient (Wildman–Crippen LogP) is 3.03. The van der Waals surface area contributed by atoms with Crippen molar-refractivity contribution in [1.82, 2.24) is 19.6 Å². The van der Waals surface area contributed by atoms with Crippen LogP contribution in [0.3, 0.4) is 0 Å². The van der Waals surface area contributed by atoms with Crippen molar-refractivity contribution in [2.45, 2.75) is 25.9 Å². The van der Waals surface area contributed by atoms with E-state index < -0.39 is 23.3 Å². The standard InChI is InChI=1S/C16H15F3N6O2/c1-2-4-11-12(13(26)25-14(23-11)20-8-21-25)24-15(27)22-10-6-3-5-9(7-10)16(17,18)19/h3,5-8H,2,4H2,1H3,(H,20,21,23)(H2,22,24,27). The highest BCUT2D eigenvalue weighted by Crippen LogP contribution is 2.30. The minimum Gasteiger partial charge on any atom is -0.308 e. The van der Waals surface area contributed by atoms with Gasteiger partial charge in [-0.3, -0.25) is 9.89 Å². The molecule has 8 nitrogen and oxygen atoms in total. The molecule has 3 aromatic rings. The molecule has 2 aromatic heterocycles. The average molecular weight is 380 g/mol. The van der Waals surface area contributed by atoms with Gasteiger partial charge in [0, 0.05) is 5.69 Å². The minimum atomic E-state index is -4.53. The molecule has 0 saturated carbocycles. The molecule has 27 heavy (non-hydrogen) atoms. The summed E-state index contributed by atoms with van der Waals surface area (Å²) in [4.78, 5) is 32.9. The number of hydrogen-bond donors (Lipinski definition) is 3. The van der Waals surface area contributed by atoms with Crippen LogP contribution in [-0.2, 0) is 12.6 Å². The molecule has 0 aliphatic heterocycles. The zero-order valence-electron chi connectivity index (χ0n) is 14.1. The first-order valence-corrected chi connectivity index (χ1v) is 8.00. The lowest BCUT2D eigenvalue weighted by atomic mass is 10.2. The highest BCUT2D eigenvalue weighted by Gasteiger charge is 2.30. The molecule has 142 valence electrons. The Morgan fingerprint density at radius 3 is 2.78 bits per heavy atom. The number of halogens is 3. The van der Waals surface area contributed by atoms with E-state index in [1.54, 1.807) is 0 Å². The van der Waals surface area contributed by atoms with Crippen molar-refractivity contribution in [3.63, 3.8) is 0 Å². The third-order valence-corrected chi connectivity index (χ3v) is 3.68. The number of carbonyl (C=O) groups excluding carboxylic acids is 1. The van der Waals surface area contributed by atoms with Crippen molar-refractivity contribution in [1.29, 1.82) is 0 Å². The summed E-state index contributed by atoms with van der Waals surface area (Å²) >= 11 is 0. The molecule has 0 aliphatic rings. The number of carbonyl (C=O) groups is 1. The maximum absolute atomic E-state index is 12.8. The van der Waals surface area contributed by atoms with Crippen LogP contribution in [0.2, 0.25) is 0 Å². The van der Waals surface area contributed by atoms with E-state index in [0.717, 1.165) is 16.6 Å². The summed E-state index contributed by atoms with van der Waals surface area (Å²) in [7, 11) is 0. The summed E-state index contributed by atoms with van der Waals surface area (Å²) in [5.74, 6) is 0.160. The Kier molecular flexibility index (Phi) is 4.84. The molecule has 0 bridgehead atoms. The number of aromatic nitrogens is 4. The summed E-state index contributed by atoms with van der Waals surface area (Å²) in [6, 6.07) is 3.32. The average Bonchev–Trinajstić information content (AvgIpc) is 3.07. The smallest absolute Gasteiger partial charge is 0.308 e. The van der Waals surface area contributed by atoms with Crippen molar-refractivity contribution < 1.29 is 18.0 Å². The van der Waals surface area contributed by atoms with Gasteiger partial charge < -0.3 is 10.6 Å². The van der Waals surface area contributed by atoms with Gasteiger partial charge >= 0.3 is 12.2 Å². The molecule has 0 fully saturated rings. The van der Waals surface area contributed by atoms with Gasteiger partial charge in [0.05, 0.1) is 11.3 Å². The fourth-order valence-corrected chi connectivity index (χ4v) is 2.49. The van der Waals surface area contributed by atoms with Gasteiger partial charge in [0.15, 0.2) is 0 Å². The number of alkyl halides is 3. The van der Waals surface area contributed by atoms with Crippen LogP contribution < -0.4 is 16.2 Å². The Hall–Kier alpha value is -3.37. The normalized spacial score (nSPS) is 11.6. The van der Waals surface area contributed by atoms with Crippen LogP contribution in [0.25, 0.3) is 5.78 Å². The topological polar surface area (TPSA) is 104 Å². The lowest BCUT2D eigenvalue weighted by molar-refractivity contribution is -0.137. The zero-order valence-corrected chi connectivity index (χ0v) is 14.1. The SMILES string of the molecule is CCCc1nc2nc[nH]n2c(=O)c1NC(=O)Nc1cccc(C(F)(F)F)c1. The third-order valence-electron chi connectivity index (χ3n) is 3.68. The molecule has 0 saturated heterocycles. The van der Waals surface area contributed by atoms with Crippen molar-refractivity contribution in [2.24, 2.45) is 0 Å². The van der Waals surface area contributed by atoms with Gasteiger partial charge in [-0.1, -0.05) is 19.4 Å². The van der Waals surface area contributed by atoms with Crippen LogP contribution in [-0.4, -0.2) is 25.6 Å². The maximum Gasteiger partial charge on any atom is 0.416 e. The van der Waals surface area contributed by atoms with E-state index in [4.69, 9.17) is 0 Å². The Balaban J connectivity index is 1.87. The van der Waals surface area contributed by atoms with Crippen LogP contribution in [0, 0.1) is 0 Å². The number of nitrogens with one attached hydrogen (secondary N) is 3. The monoisotopic (exact) mass is 380 g/mol. The third kappa shape index (κ3) is 3.91. The molecule has 3 rings (SSSR count). The van der Waals surface area contributed by atoms with Crippen LogP contribution in [0.15, 0.2) is 35.4 Å². The summed E-state index contributed by atoms with van der Waals surface area (Å²) in [6.07, 6.45) is -2.17. The second-order valence-electron chi connectivity index (χ2n) is 5.67. The van der Waals surface area contributed by atoms with Gasteiger partial charge in [-0.15, -0.1) is 0 Å². The molecule has 0 unspecified atom stereocenters. The van der Waals surface area contributed by atoms with E-state index in [-0.39, 0.29) is 17.2 Å². The Morgan fingerprint density at radius 2 is 2.07 bits per heavy atom. The second-order valence-corrected chi connectivity index (χ2v) is 5.67. The largest absolute Gasteiger partial charge is 0.416 e. The van der Waals surface area contributed by atoms with E-state index in [1.165, 1.54) is 18.5 Å². The lowest BCUT2D eigenvalue weighted by Crippen LogP contribution is -2.28. The predicted molar refractivity (Wildman–Crippen MR) is 91.7 cm³/mol. The number of hydrogen-bond acceptors (Lipinski definition) is 4. The van der Waals surface area contributed by atoms with E-state index in [9.17, 15) is 22.8 Å². The van der Waals surface area contributed by atoms with Crippen molar-refractivity contribution >= 4 is 23.2 Å². The summed E-state index contributed by atoms with van der Waals surface area (Å²) in [6.45, 7) is 1.88. The van der Waals surface area contributed by atoms with E-state index in [0.29, 0.717) is 18.5 Å². The molecular weight excluding hydrogens is 365 g/mol. The fraction of sp³-hybridized carbons (Fsp3) is 0.250. The highest BCUT2D eigenvalue weighted by molar-refractivity contribution is 6.00. The first-order valence-electron chi connectivity index (χ1n) is 8.00. The number of benzene rings is 1.